The summed E-state index contributed by atoms with van der Waals surface area (Å²) in [5.74, 6) is -1.55. The second-order valence-electron chi connectivity index (χ2n) is 6.33. The lowest BCUT2D eigenvalue weighted by Crippen LogP contribution is -2.33. The largest absolute Gasteiger partial charge is 0.365 e. The van der Waals surface area contributed by atoms with Gasteiger partial charge in [-0.05, 0) is 43.7 Å². The highest BCUT2D eigenvalue weighted by atomic mass is 35.5. The molecule has 0 saturated heterocycles. The van der Waals surface area contributed by atoms with Crippen LogP contribution in [0, 0.1) is 31.0 Å². The summed E-state index contributed by atoms with van der Waals surface area (Å²) in [5.41, 5.74) is 6.79. The molecule has 3 rings (SSSR count). The molecule has 2 aromatic carbocycles. The van der Waals surface area contributed by atoms with Crippen LogP contribution in [-0.4, -0.2) is 10.5 Å². The molecule has 0 aliphatic heterocycles. The Labute approximate surface area is 174 Å². The number of halogens is 2. The van der Waals surface area contributed by atoms with Crippen LogP contribution in [0.4, 0.5) is 4.39 Å². The quantitative estimate of drug-likeness (QED) is 0.695. The van der Waals surface area contributed by atoms with Crippen LogP contribution in [-0.2, 0) is 4.79 Å². The van der Waals surface area contributed by atoms with Gasteiger partial charge in [-0.2, -0.15) is 5.26 Å². The minimum atomic E-state index is -0.956. The number of hydrogen-bond acceptors (Lipinski definition) is 4. The van der Waals surface area contributed by atoms with Crippen LogP contribution in [0.2, 0.25) is 5.02 Å². The van der Waals surface area contributed by atoms with Gasteiger partial charge in [0.2, 0.25) is 0 Å². The van der Waals surface area contributed by atoms with Gasteiger partial charge in [0.25, 0.3) is 11.5 Å². The first-order chi connectivity index (χ1) is 13.7. The fourth-order valence-electron chi connectivity index (χ4n) is 2.91. The molecule has 8 heteroatoms. The zero-order chi connectivity index (χ0) is 21.3. The number of nitrogens with zero attached hydrogens (tertiary/aromatic N) is 2. The van der Waals surface area contributed by atoms with Crippen molar-refractivity contribution in [2.24, 2.45) is 5.73 Å². The van der Waals surface area contributed by atoms with Crippen molar-refractivity contribution in [2.75, 3.05) is 0 Å². The van der Waals surface area contributed by atoms with E-state index in [1.54, 1.807) is 12.1 Å². The highest BCUT2D eigenvalue weighted by Crippen LogP contribution is 2.19. The fourth-order valence-corrected chi connectivity index (χ4v) is 4.22. The third kappa shape index (κ3) is 3.86. The van der Waals surface area contributed by atoms with E-state index in [2.05, 4.69) is 0 Å². The van der Waals surface area contributed by atoms with Crippen LogP contribution in [0.25, 0.3) is 17.3 Å². The van der Waals surface area contributed by atoms with E-state index >= 15 is 0 Å². The van der Waals surface area contributed by atoms with Crippen molar-refractivity contribution < 1.29 is 9.18 Å². The first-order valence-electron chi connectivity index (χ1n) is 8.44. The van der Waals surface area contributed by atoms with Crippen molar-refractivity contribution in [3.8, 4) is 11.8 Å². The van der Waals surface area contributed by atoms with Crippen molar-refractivity contribution in [3.63, 3.8) is 0 Å². The number of aryl methyl sites for hydroxylation is 2. The molecule has 3 aromatic rings. The van der Waals surface area contributed by atoms with E-state index in [-0.39, 0.29) is 25.4 Å². The second kappa shape index (κ2) is 8.03. The zero-order valence-corrected chi connectivity index (χ0v) is 17.1. The maximum Gasteiger partial charge on any atom is 0.273 e. The molecular weight excluding hydrogens is 413 g/mol. The number of hydrogen-bond donors (Lipinski definition) is 1. The highest BCUT2D eigenvalue weighted by molar-refractivity contribution is 7.07. The average molecular weight is 428 g/mol. The molecule has 29 heavy (non-hydrogen) atoms. The summed E-state index contributed by atoms with van der Waals surface area (Å²) in [5, 5.41) is 9.56. The molecule has 0 aliphatic rings. The van der Waals surface area contributed by atoms with Gasteiger partial charge in [0, 0.05) is 5.56 Å². The van der Waals surface area contributed by atoms with Gasteiger partial charge in [0.05, 0.1) is 15.2 Å². The van der Waals surface area contributed by atoms with E-state index in [1.807, 2.05) is 26.0 Å². The van der Waals surface area contributed by atoms with Crippen LogP contribution in [0.5, 0.6) is 0 Å². The molecule has 1 amide bonds. The fraction of sp³-hybridized carbons (Fsp3) is 0.0952. The number of primary amides is 1. The summed E-state index contributed by atoms with van der Waals surface area (Å²) in [6.07, 6.45) is 1.31. The van der Waals surface area contributed by atoms with Crippen LogP contribution in [0.1, 0.15) is 16.7 Å². The van der Waals surface area contributed by atoms with Crippen molar-refractivity contribution >= 4 is 40.5 Å². The Balaban J connectivity index is 2.50. The van der Waals surface area contributed by atoms with Crippen LogP contribution in [0.3, 0.4) is 0 Å². The number of nitrogens with two attached hydrogens (primary N) is 1. The third-order valence-electron chi connectivity index (χ3n) is 4.26. The third-order valence-corrected chi connectivity index (χ3v) is 5.69. The molecule has 146 valence electrons. The maximum absolute atomic E-state index is 14.2. The molecule has 0 spiro atoms. The topological polar surface area (TPSA) is 88.9 Å². The summed E-state index contributed by atoms with van der Waals surface area (Å²) >= 11 is 6.95. The Bertz CT molecular complexity index is 1350. The number of rotatable bonds is 3. The van der Waals surface area contributed by atoms with Gasteiger partial charge in [0.1, 0.15) is 16.5 Å². The molecular formula is C21H15ClFN3O2S. The van der Waals surface area contributed by atoms with Gasteiger partial charge in [-0.25, -0.2) is 4.39 Å². The maximum atomic E-state index is 14.2. The molecule has 1 heterocycles. The van der Waals surface area contributed by atoms with E-state index in [0.29, 0.717) is 5.69 Å². The van der Waals surface area contributed by atoms with Gasteiger partial charge in [-0.3, -0.25) is 14.2 Å². The van der Waals surface area contributed by atoms with E-state index in [0.717, 1.165) is 22.5 Å². The van der Waals surface area contributed by atoms with E-state index < -0.39 is 17.3 Å². The van der Waals surface area contributed by atoms with Gasteiger partial charge in [-0.15, -0.1) is 11.3 Å². The Morgan fingerprint density at radius 1 is 1.31 bits per heavy atom. The number of carbonyl (C=O) groups excluding carboxylic acids is 1. The molecule has 0 unspecified atom stereocenters. The molecule has 0 atom stereocenters. The van der Waals surface area contributed by atoms with E-state index in [4.69, 9.17) is 17.3 Å². The van der Waals surface area contributed by atoms with Gasteiger partial charge < -0.3 is 5.73 Å². The van der Waals surface area contributed by atoms with E-state index in [9.17, 15) is 19.2 Å². The molecule has 2 N–H and O–H groups in total. The van der Waals surface area contributed by atoms with Crippen LogP contribution in [0.15, 0.2) is 41.2 Å². The predicted octanol–water partition coefficient (Wildman–Crippen LogP) is 2.30. The highest BCUT2D eigenvalue weighted by Gasteiger charge is 2.16. The molecule has 0 saturated carbocycles. The smallest absolute Gasteiger partial charge is 0.273 e. The summed E-state index contributed by atoms with van der Waals surface area (Å²) in [6.45, 7) is 3.72. The van der Waals surface area contributed by atoms with Crippen molar-refractivity contribution in [3.05, 3.63) is 83.5 Å². The van der Waals surface area contributed by atoms with Gasteiger partial charge in [0.15, 0.2) is 5.57 Å². The van der Waals surface area contributed by atoms with Gasteiger partial charge >= 0.3 is 0 Å². The van der Waals surface area contributed by atoms with Crippen molar-refractivity contribution in [1.82, 2.24) is 4.57 Å². The molecule has 0 fully saturated rings. The monoisotopic (exact) mass is 427 g/mol. The molecule has 5 nitrogen and oxygen atoms in total. The second-order valence-corrected chi connectivity index (χ2v) is 7.77. The number of amides is 1. The Hall–Kier alpha value is -3.21. The summed E-state index contributed by atoms with van der Waals surface area (Å²) < 4.78 is 15.7. The number of aromatic nitrogens is 1. The molecule has 0 bridgehead atoms. The Morgan fingerprint density at radius 2 is 2.03 bits per heavy atom. The normalized spacial score (nSPS) is 12.6. The zero-order valence-electron chi connectivity index (χ0n) is 15.5. The van der Waals surface area contributed by atoms with E-state index in [1.165, 1.54) is 28.8 Å². The minimum absolute atomic E-state index is 0.0458. The summed E-state index contributed by atoms with van der Waals surface area (Å²) in [6, 6.07) is 11.4. The summed E-state index contributed by atoms with van der Waals surface area (Å²) in [7, 11) is 0. The molecule has 1 aromatic heterocycles. The number of thiazole rings is 1. The standard InChI is InChI=1S/C21H15ClFN3O2S/c1-11-6-7-17(12(2)8-11)26-20(28)18(29-21(26)14(10-24)19(25)27)9-13-15(22)4-3-5-16(13)23/h3-9H,1-2H3,(H2,25,27)/b18-9+,21-14+. The number of benzene rings is 2. The Kier molecular flexibility index (Phi) is 5.69. The Morgan fingerprint density at radius 3 is 2.62 bits per heavy atom. The lowest BCUT2D eigenvalue weighted by Gasteiger charge is -2.08. The number of carbonyl (C=O) groups is 1. The number of nitriles is 1. The van der Waals surface area contributed by atoms with Gasteiger partial charge in [-0.1, -0.05) is 35.4 Å². The van der Waals surface area contributed by atoms with Crippen molar-refractivity contribution in [1.29, 1.82) is 5.26 Å². The molecule has 0 aliphatic carbocycles. The van der Waals surface area contributed by atoms with Crippen molar-refractivity contribution in [2.45, 2.75) is 13.8 Å². The molecule has 0 radical (unpaired) electrons. The first-order valence-corrected chi connectivity index (χ1v) is 9.63. The lowest BCUT2D eigenvalue weighted by molar-refractivity contribution is -0.112. The lowest BCUT2D eigenvalue weighted by atomic mass is 10.1. The first kappa shape index (κ1) is 20.5. The van der Waals surface area contributed by atoms with Crippen LogP contribution >= 0.6 is 22.9 Å². The van der Waals surface area contributed by atoms with Crippen LogP contribution < -0.4 is 20.5 Å². The minimum Gasteiger partial charge on any atom is -0.365 e. The predicted molar refractivity (Wildman–Crippen MR) is 112 cm³/mol. The SMILES string of the molecule is Cc1ccc(-n2c(=O)/c(=C\c3c(F)cccc3Cl)s/c2=C(\C#N)C(N)=O)c(C)c1. The average Bonchev–Trinajstić information content (AvgIpc) is 2.95. The summed E-state index contributed by atoms with van der Waals surface area (Å²) in [4.78, 5) is 25.0.